The lowest BCUT2D eigenvalue weighted by Gasteiger charge is -2.22. The minimum Gasteiger partial charge on any atom is -0.411 e. The normalized spacial score (nSPS) is 25.5. The van der Waals surface area contributed by atoms with Crippen molar-refractivity contribution >= 4 is 5.71 Å². The maximum Gasteiger partial charge on any atom is 0.0601 e. The zero-order valence-corrected chi connectivity index (χ0v) is 9.34. The molecule has 1 fully saturated rings. The van der Waals surface area contributed by atoms with E-state index in [1.165, 1.54) is 51.4 Å². The molecule has 1 rings (SSSR count). The summed E-state index contributed by atoms with van der Waals surface area (Å²) in [6.45, 7) is 2.24. The van der Waals surface area contributed by atoms with Crippen LogP contribution in [0.5, 0.6) is 0 Å². The van der Waals surface area contributed by atoms with Gasteiger partial charge in [0.15, 0.2) is 0 Å². The molecule has 1 aliphatic rings. The summed E-state index contributed by atoms with van der Waals surface area (Å²) in [4.78, 5) is 0. The summed E-state index contributed by atoms with van der Waals surface area (Å²) in [5.74, 6) is 0.589. The van der Waals surface area contributed by atoms with Gasteiger partial charge >= 0.3 is 0 Å². The van der Waals surface area contributed by atoms with Crippen LogP contribution in [0.15, 0.2) is 5.16 Å². The third kappa shape index (κ3) is 3.69. The van der Waals surface area contributed by atoms with Gasteiger partial charge in [0.25, 0.3) is 0 Å². The van der Waals surface area contributed by atoms with Gasteiger partial charge in [0, 0.05) is 5.92 Å². The van der Waals surface area contributed by atoms with Gasteiger partial charge in [-0.1, -0.05) is 44.2 Å². The molecule has 1 N–H and O–H groups in total. The lowest BCUT2D eigenvalue weighted by atomic mass is 9.84. The van der Waals surface area contributed by atoms with Crippen molar-refractivity contribution in [1.82, 2.24) is 0 Å². The molecule has 0 spiro atoms. The maximum atomic E-state index is 8.85. The van der Waals surface area contributed by atoms with Crippen LogP contribution in [0.2, 0.25) is 0 Å². The average molecular weight is 197 g/mol. The van der Waals surface area contributed by atoms with Crippen molar-refractivity contribution in [2.45, 2.75) is 64.7 Å². The molecule has 2 nitrogen and oxygen atoms in total. The highest BCUT2D eigenvalue weighted by molar-refractivity contribution is 5.86. The summed E-state index contributed by atoms with van der Waals surface area (Å²) in [5, 5.41) is 12.3. The molecule has 0 aliphatic heterocycles. The minimum atomic E-state index is 0.589. The lowest BCUT2D eigenvalue weighted by Crippen LogP contribution is -2.19. The Bertz CT molecular complexity index is 177. The Morgan fingerprint density at radius 2 is 2.14 bits per heavy atom. The van der Waals surface area contributed by atoms with E-state index in [1.54, 1.807) is 0 Å². The first-order valence-corrected chi connectivity index (χ1v) is 6.09. The second kappa shape index (κ2) is 6.86. The Morgan fingerprint density at radius 1 is 1.29 bits per heavy atom. The number of hydrogen-bond acceptors (Lipinski definition) is 2. The van der Waals surface area contributed by atoms with E-state index in [-0.39, 0.29) is 0 Å². The first-order chi connectivity index (χ1) is 6.88. The molecule has 1 unspecified atom stereocenters. The third-order valence-electron chi connectivity index (χ3n) is 3.24. The lowest BCUT2D eigenvalue weighted by molar-refractivity contribution is 0.307. The van der Waals surface area contributed by atoms with E-state index in [0.29, 0.717) is 5.92 Å². The van der Waals surface area contributed by atoms with Crippen molar-refractivity contribution in [3.63, 3.8) is 0 Å². The predicted molar refractivity (Wildman–Crippen MR) is 59.9 cm³/mol. The van der Waals surface area contributed by atoms with Gasteiger partial charge in [0.05, 0.1) is 5.71 Å². The summed E-state index contributed by atoms with van der Waals surface area (Å²) in [7, 11) is 0. The van der Waals surface area contributed by atoms with Crippen LogP contribution in [0.1, 0.15) is 64.7 Å². The van der Waals surface area contributed by atoms with Gasteiger partial charge in [-0.2, -0.15) is 0 Å². The molecule has 0 bridgehead atoms. The number of oxime groups is 1. The molecular weight excluding hydrogens is 174 g/mol. The Kier molecular flexibility index (Phi) is 5.65. The molecule has 0 heterocycles. The van der Waals surface area contributed by atoms with Gasteiger partial charge in [-0.05, 0) is 25.7 Å². The van der Waals surface area contributed by atoms with E-state index >= 15 is 0 Å². The van der Waals surface area contributed by atoms with Crippen LogP contribution in [-0.4, -0.2) is 10.9 Å². The molecule has 1 atom stereocenters. The second-order valence-electron chi connectivity index (χ2n) is 4.38. The first-order valence-electron chi connectivity index (χ1n) is 6.09. The molecule has 0 saturated heterocycles. The van der Waals surface area contributed by atoms with Crippen LogP contribution in [0.3, 0.4) is 0 Å². The standard InChI is InChI=1S/C12H23NO/c1-2-3-4-5-8-11-9-6-7-10-12(11)13-14/h11,14H,2-10H2,1H3. The number of hydrogen-bond donors (Lipinski definition) is 1. The van der Waals surface area contributed by atoms with Gasteiger partial charge < -0.3 is 5.21 Å². The van der Waals surface area contributed by atoms with Crippen molar-refractivity contribution in [3.8, 4) is 0 Å². The topological polar surface area (TPSA) is 32.6 Å². The highest BCUT2D eigenvalue weighted by Gasteiger charge is 2.20. The average Bonchev–Trinajstić information content (AvgIpc) is 2.25. The molecule has 82 valence electrons. The first kappa shape index (κ1) is 11.5. The maximum absolute atomic E-state index is 8.85. The van der Waals surface area contributed by atoms with Crippen LogP contribution in [0, 0.1) is 5.92 Å². The smallest absolute Gasteiger partial charge is 0.0601 e. The van der Waals surface area contributed by atoms with Crippen LogP contribution >= 0.6 is 0 Å². The number of unbranched alkanes of at least 4 members (excludes halogenated alkanes) is 3. The van der Waals surface area contributed by atoms with E-state index in [1.807, 2.05) is 0 Å². The van der Waals surface area contributed by atoms with E-state index in [4.69, 9.17) is 5.21 Å². The van der Waals surface area contributed by atoms with E-state index in [0.717, 1.165) is 12.1 Å². The summed E-state index contributed by atoms with van der Waals surface area (Å²) in [6, 6.07) is 0. The van der Waals surface area contributed by atoms with Gasteiger partial charge in [-0.25, -0.2) is 0 Å². The highest BCUT2D eigenvalue weighted by Crippen LogP contribution is 2.26. The van der Waals surface area contributed by atoms with Crippen molar-refractivity contribution in [1.29, 1.82) is 0 Å². The van der Waals surface area contributed by atoms with Crippen molar-refractivity contribution in [2.75, 3.05) is 0 Å². The molecule has 1 aliphatic carbocycles. The molecule has 0 aromatic carbocycles. The Hall–Kier alpha value is -0.530. The van der Waals surface area contributed by atoms with Crippen LogP contribution < -0.4 is 0 Å². The summed E-state index contributed by atoms with van der Waals surface area (Å²) >= 11 is 0. The SMILES string of the molecule is CCCCCCC1CCCCC1=NO. The van der Waals surface area contributed by atoms with Crippen LogP contribution in [0.4, 0.5) is 0 Å². The summed E-state index contributed by atoms with van der Waals surface area (Å²) in [6.07, 6.45) is 11.3. The summed E-state index contributed by atoms with van der Waals surface area (Å²) in [5.41, 5.74) is 1.06. The fourth-order valence-corrected chi connectivity index (χ4v) is 2.33. The van der Waals surface area contributed by atoms with E-state index in [2.05, 4.69) is 12.1 Å². The van der Waals surface area contributed by atoms with Crippen molar-refractivity contribution < 1.29 is 5.21 Å². The van der Waals surface area contributed by atoms with Crippen molar-refractivity contribution in [3.05, 3.63) is 0 Å². The van der Waals surface area contributed by atoms with E-state index in [9.17, 15) is 0 Å². The van der Waals surface area contributed by atoms with Gasteiger partial charge in [-0.15, -0.1) is 0 Å². The predicted octanol–water partition coefficient (Wildman–Crippen LogP) is 3.98. The molecule has 1 saturated carbocycles. The zero-order valence-electron chi connectivity index (χ0n) is 9.34. The fraction of sp³-hybridized carbons (Fsp3) is 0.917. The summed E-state index contributed by atoms with van der Waals surface area (Å²) < 4.78 is 0. The molecule has 2 heteroatoms. The molecular formula is C12H23NO. The van der Waals surface area contributed by atoms with Gasteiger partial charge in [-0.3, -0.25) is 0 Å². The number of nitrogens with zero attached hydrogens (tertiary/aromatic N) is 1. The Morgan fingerprint density at radius 3 is 2.86 bits per heavy atom. The molecule has 0 radical (unpaired) electrons. The molecule has 0 amide bonds. The largest absolute Gasteiger partial charge is 0.411 e. The van der Waals surface area contributed by atoms with E-state index < -0.39 is 0 Å². The molecule has 0 aromatic heterocycles. The van der Waals surface area contributed by atoms with Crippen molar-refractivity contribution in [2.24, 2.45) is 11.1 Å². The molecule has 0 aromatic rings. The highest BCUT2D eigenvalue weighted by atomic mass is 16.4. The fourth-order valence-electron chi connectivity index (χ4n) is 2.33. The minimum absolute atomic E-state index is 0.589. The van der Waals surface area contributed by atoms with Gasteiger partial charge in [0.2, 0.25) is 0 Å². The Labute approximate surface area is 87.4 Å². The molecule has 14 heavy (non-hydrogen) atoms. The monoisotopic (exact) mass is 197 g/mol. The second-order valence-corrected chi connectivity index (χ2v) is 4.38. The number of rotatable bonds is 5. The zero-order chi connectivity index (χ0) is 10.2. The Balaban J connectivity index is 2.20. The van der Waals surface area contributed by atoms with Gasteiger partial charge in [0.1, 0.15) is 0 Å². The van der Waals surface area contributed by atoms with Crippen LogP contribution in [-0.2, 0) is 0 Å². The quantitative estimate of drug-likeness (QED) is 0.403. The van der Waals surface area contributed by atoms with Crippen LogP contribution in [0.25, 0.3) is 0 Å². The third-order valence-corrected chi connectivity index (χ3v) is 3.24.